The topological polar surface area (TPSA) is 57.0 Å². The number of aromatic nitrogens is 2. The Morgan fingerprint density at radius 2 is 2.46 bits per heavy atom. The van der Waals surface area contributed by atoms with E-state index in [0.717, 1.165) is 17.3 Å². The van der Waals surface area contributed by atoms with Crippen LogP contribution < -0.4 is 5.73 Å². The van der Waals surface area contributed by atoms with Crippen LogP contribution in [-0.2, 0) is 13.6 Å². The number of nitrogens with two attached hydrogens (primary N) is 1. The highest BCUT2D eigenvalue weighted by Crippen LogP contribution is 2.18. The number of rotatable bonds is 2. The molecule has 0 atom stereocenters. The van der Waals surface area contributed by atoms with Gasteiger partial charge in [0.25, 0.3) is 0 Å². The molecule has 0 aliphatic carbocycles. The van der Waals surface area contributed by atoms with Crippen molar-refractivity contribution in [3.8, 4) is 11.6 Å². The summed E-state index contributed by atoms with van der Waals surface area (Å²) in [6, 6.07) is 3.72. The number of furan rings is 1. The van der Waals surface area contributed by atoms with E-state index in [-0.39, 0.29) is 0 Å². The van der Waals surface area contributed by atoms with Crippen LogP contribution in [0.15, 0.2) is 29.0 Å². The number of hydrogen-bond donors (Lipinski definition) is 1. The van der Waals surface area contributed by atoms with Crippen LogP contribution in [0.25, 0.3) is 11.6 Å². The van der Waals surface area contributed by atoms with E-state index >= 15 is 0 Å². The smallest absolute Gasteiger partial charge is 0.176 e. The van der Waals surface area contributed by atoms with E-state index in [0.29, 0.717) is 6.54 Å². The van der Waals surface area contributed by atoms with E-state index in [4.69, 9.17) is 10.2 Å². The zero-order valence-electron chi connectivity index (χ0n) is 7.40. The summed E-state index contributed by atoms with van der Waals surface area (Å²) in [6.45, 7) is 0.490. The Bertz CT molecular complexity index is 389. The highest BCUT2D eigenvalue weighted by Gasteiger charge is 2.08. The average molecular weight is 177 g/mol. The maximum absolute atomic E-state index is 5.53. The van der Waals surface area contributed by atoms with E-state index in [1.807, 2.05) is 23.7 Å². The normalized spacial score (nSPS) is 10.6. The standard InChI is InChI=1S/C9H11N3O/c1-12-7(5-10)6-11-9(12)8-3-2-4-13-8/h2-4,6H,5,10H2,1H3. The van der Waals surface area contributed by atoms with Crippen LogP contribution in [0.1, 0.15) is 5.69 Å². The lowest BCUT2D eigenvalue weighted by Crippen LogP contribution is -2.03. The zero-order valence-corrected chi connectivity index (χ0v) is 7.40. The first-order chi connectivity index (χ1) is 6.33. The Labute approximate surface area is 76.0 Å². The van der Waals surface area contributed by atoms with Gasteiger partial charge in [0.05, 0.1) is 18.2 Å². The summed E-state index contributed by atoms with van der Waals surface area (Å²) in [5, 5.41) is 0. The molecule has 13 heavy (non-hydrogen) atoms. The lowest BCUT2D eigenvalue weighted by Gasteiger charge is -2.00. The predicted molar refractivity (Wildman–Crippen MR) is 48.8 cm³/mol. The molecule has 0 radical (unpaired) electrons. The number of nitrogens with zero attached hydrogens (tertiary/aromatic N) is 2. The molecule has 0 saturated carbocycles. The lowest BCUT2D eigenvalue weighted by atomic mass is 10.4. The van der Waals surface area contributed by atoms with Crippen molar-refractivity contribution in [2.75, 3.05) is 0 Å². The van der Waals surface area contributed by atoms with Gasteiger partial charge in [-0.2, -0.15) is 0 Å². The molecule has 4 heteroatoms. The monoisotopic (exact) mass is 177 g/mol. The van der Waals surface area contributed by atoms with Crippen LogP contribution in [-0.4, -0.2) is 9.55 Å². The first-order valence-corrected chi connectivity index (χ1v) is 4.07. The first-order valence-electron chi connectivity index (χ1n) is 4.07. The minimum absolute atomic E-state index is 0.490. The Balaban J connectivity index is 2.48. The molecule has 4 nitrogen and oxygen atoms in total. The summed E-state index contributed by atoms with van der Waals surface area (Å²) < 4.78 is 7.16. The highest BCUT2D eigenvalue weighted by atomic mass is 16.3. The van der Waals surface area contributed by atoms with Gasteiger partial charge in [0.1, 0.15) is 0 Å². The molecular formula is C9H11N3O. The van der Waals surface area contributed by atoms with Gasteiger partial charge in [-0.15, -0.1) is 0 Å². The van der Waals surface area contributed by atoms with Crippen molar-refractivity contribution < 1.29 is 4.42 Å². The van der Waals surface area contributed by atoms with Crippen LogP contribution in [0, 0.1) is 0 Å². The van der Waals surface area contributed by atoms with Gasteiger partial charge < -0.3 is 14.7 Å². The summed E-state index contributed by atoms with van der Waals surface area (Å²) in [7, 11) is 1.92. The van der Waals surface area contributed by atoms with Crippen LogP contribution in [0.4, 0.5) is 0 Å². The van der Waals surface area contributed by atoms with E-state index in [2.05, 4.69) is 4.98 Å². The Kier molecular flexibility index (Phi) is 1.90. The lowest BCUT2D eigenvalue weighted by molar-refractivity contribution is 0.573. The fourth-order valence-electron chi connectivity index (χ4n) is 1.27. The molecule has 0 amide bonds. The SMILES string of the molecule is Cn1c(CN)cnc1-c1ccco1. The van der Waals surface area contributed by atoms with Crippen LogP contribution in [0.2, 0.25) is 0 Å². The summed E-state index contributed by atoms with van der Waals surface area (Å²) in [5.74, 6) is 1.58. The molecule has 0 spiro atoms. The van der Waals surface area contributed by atoms with Crippen molar-refractivity contribution in [1.82, 2.24) is 9.55 Å². The summed E-state index contributed by atoms with van der Waals surface area (Å²) in [6.07, 6.45) is 3.39. The van der Waals surface area contributed by atoms with Gasteiger partial charge in [0, 0.05) is 13.6 Å². The molecule has 2 aromatic rings. The van der Waals surface area contributed by atoms with E-state index in [1.165, 1.54) is 0 Å². The van der Waals surface area contributed by atoms with Crippen LogP contribution in [0.5, 0.6) is 0 Å². The van der Waals surface area contributed by atoms with Gasteiger partial charge in [-0.1, -0.05) is 0 Å². The van der Waals surface area contributed by atoms with Crippen molar-refractivity contribution in [2.45, 2.75) is 6.54 Å². The maximum Gasteiger partial charge on any atom is 0.176 e. The number of imidazole rings is 1. The van der Waals surface area contributed by atoms with E-state index in [1.54, 1.807) is 12.5 Å². The van der Waals surface area contributed by atoms with Crippen molar-refractivity contribution >= 4 is 0 Å². The Hall–Kier alpha value is -1.55. The van der Waals surface area contributed by atoms with Gasteiger partial charge in [0.15, 0.2) is 11.6 Å². The summed E-state index contributed by atoms with van der Waals surface area (Å²) >= 11 is 0. The zero-order chi connectivity index (χ0) is 9.26. The van der Waals surface area contributed by atoms with Gasteiger partial charge in [-0.25, -0.2) is 4.98 Å². The third-order valence-electron chi connectivity index (χ3n) is 2.04. The second-order valence-corrected chi connectivity index (χ2v) is 2.81. The maximum atomic E-state index is 5.53. The summed E-state index contributed by atoms with van der Waals surface area (Å²) in [5.41, 5.74) is 6.52. The third kappa shape index (κ3) is 1.25. The quantitative estimate of drug-likeness (QED) is 0.748. The Morgan fingerprint density at radius 1 is 1.62 bits per heavy atom. The van der Waals surface area contributed by atoms with Crippen molar-refractivity contribution in [1.29, 1.82) is 0 Å². The molecule has 2 aromatic heterocycles. The highest BCUT2D eigenvalue weighted by molar-refractivity contribution is 5.47. The first kappa shape index (κ1) is 8.07. The second-order valence-electron chi connectivity index (χ2n) is 2.81. The second kappa shape index (κ2) is 3.06. The van der Waals surface area contributed by atoms with Crippen molar-refractivity contribution in [3.63, 3.8) is 0 Å². The molecule has 0 aliphatic heterocycles. The molecule has 2 rings (SSSR count). The van der Waals surface area contributed by atoms with Gasteiger partial charge in [0.2, 0.25) is 0 Å². The molecule has 2 N–H and O–H groups in total. The molecular weight excluding hydrogens is 166 g/mol. The fourth-order valence-corrected chi connectivity index (χ4v) is 1.27. The number of hydrogen-bond acceptors (Lipinski definition) is 3. The minimum Gasteiger partial charge on any atom is -0.461 e. The minimum atomic E-state index is 0.490. The van der Waals surface area contributed by atoms with Crippen molar-refractivity contribution in [2.24, 2.45) is 12.8 Å². The van der Waals surface area contributed by atoms with Gasteiger partial charge >= 0.3 is 0 Å². The average Bonchev–Trinajstić information content (AvgIpc) is 2.72. The molecule has 0 aliphatic rings. The molecule has 0 saturated heterocycles. The molecule has 0 aromatic carbocycles. The van der Waals surface area contributed by atoms with Gasteiger partial charge in [-0.3, -0.25) is 0 Å². The molecule has 68 valence electrons. The Morgan fingerprint density at radius 3 is 3.00 bits per heavy atom. The van der Waals surface area contributed by atoms with Crippen LogP contribution in [0.3, 0.4) is 0 Å². The predicted octanol–water partition coefficient (Wildman–Crippen LogP) is 1.14. The molecule has 0 unspecified atom stereocenters. The van der Waals surface area contributed by atoms with E-state index < -0.39 is 0 Å². The molecule has 0 bridgehead atoms. The summed E-state index contributed by atoms with van der Waals surface area (Å²) in [4.78, 5) is 4.22. The van der Waals surface area contributed by atoms with E-state index in [9.17, 15) is 0 Å². The molecule has 0 fully saturated rings. The van der Waals surface area contributed by atoms with Crippen molar-refractivity contribution in [3.05, 3.63) is 30.3 Å². The largest absolute Gasteiger partial charge is 0.461 e. The fraction of sp³-hybridized carbons (Fsp3) is 0.222. The molecule has 2 heterocycles. The van der Waals surface area contributed by atoms with Crippen LogP contribution >= 0.6 is 0 Å². The third-order valence-corrected chi connectivity index (χ3v) is 2.04. The van der Waals surface area contributed by atoms with Gasteiger partial charge in [-0.05, 0) is 12.1 Å².